The van der Waals surface area contributed by atoms with E-state index in [1.807, 2.05) is 0 Å². The van der Waals surface area contributed by atoms with Crippen molar-refractivity contribution in [2.24, 2.45) is 0 Å². The normalized spacial score (nSPS) is 22.9. The molecule has 2 rings (SSSR count). The van der Waals surface area contributed by atoms with Crippen molar-refractivity contribution in [2.45, 2.75) is 63.5 Å². The number of allylic oxidation sites excluding steroid dienone is 4. The van der Waals surface area contributed by atoms with Gasteiger partial charge in [-0.2, -0.15) is 0 Å². The van der Waals surface area contributed by atoms with Crippen LogP contribution in [-0.4, -0.2) is 25.2 Å². The van der Waals surface area contributed by atoms with Gasteiger partial charge in [0.1, 0.15) is 0 Å². The van der Waals surface area contributed by atoms with Crippen molar-refractivity contribution < 1.29 is 0 Å². The van der Waals surface area contributed by atoms with E-state index in [0.29, 0.717) is 0 Å². The van der Waals surface area contributed by atoms with Gasteiger partial charge in [0, 0.05) is 25.2 Å². The standard InChI is InChI=1S/C16H28N2/c1-2-6-10-15(9-5-1)17-13-14-18-16-11-7-3-4-8-12-16/h1-4,15-18H,5-14H2. The number of nitrogens with one attached hydrogen (secondary N) is 2. The number of hydrogen-bond donors (Lipinski definition) is 2. The van der Waals surface area contributed by atoms with Gasteiger partial charge in [-0.1, -0.05) is 24.3 Å². The third kappa shape index (κ3) is 5.36. The van der Waals surface area contributed by atoms with Gasteiger partial charge in [-0.15, -0.1) is 0 Å². The summed E-state index contributed by atoms with van der Waals surface area (Å²) in [6.07, 6.45) is 19.6. The second-order valence-electron chi connectivity index (χ2n) is 5.55. The number of hydrogen-bond acceptors (Lipinski definition) is 2. The lowest BCUT2D eigenvalue weighted by molar-refractivity contribution is 0.424. The van der Waals surface area contributed by atoms with Gasteiger partial charge < -0.3 is 10.6 Å². The van der Waals surface area contributed by atoms with E-state index in [2.05, 4.69) is 34.9 Å². The molecule has 102 valence electrons. The highest BCUT2D eigenvalue weighted by Crippen LogP contribution is 2.12. The summed E-state index contributed by atoms with van der Waals surface area (Å²) in [7, 11) is 0. The summed E-state index contributed by atoms with van der Waals surface area (Å²) in [5, 5.41) is 7.40. The smallest absolute Gasteiger partial charge is 0.00794 e. The van der Waals surface area contributed by atoms with E-state index in [9.17, 15) is 0 Å². The van der Waals surface area contributed by atoms with E-state index in [-0.39, 0.29) is 0 Å². The summed E-state index contributed by atoms with van der Waals surface area (Å²) in [6, 6.07) is 1.47. The molecule has 0 unspecified atom stereocenters. The van der Waals surface area contributed by atoms with E-state index in [0.717, 1.165) is 25.2 Å². The summed E-state index contributed by atoms with van der Waals surface area (Å²) < 4.78 is 0. The maximum absolute atomic E-state index is 3.70. The molecule has 2 aliphatic carbocycles. The summed E-state index contributed by atoms with van der Waals surface area (Å²) in [6.45, 7) is 2.24. The molecule has 0 amide bonds. The van der Waals surface area contributed by atoms with Crippen molar-refractivity contribution in [1.82, 2.24) is 10.6 Å². The van der Waals surface area contributed by atoms with Crippen LogP contribution < -0.4 is 10.6 Å². The van der Waals surface area contributed by atoms with Crippen molar-refractivity contribution in [3.05, 3.63) is 24.3 Å². The van der Waals surface area contributed by atoms with Crippen LogP contribution in [0.3, 0.4) is 0 Å². The van der Waals surface area contributed by atoms with Crippen molar-refractivity contribution in [3.63, 3.8) is 0 Å². The van der Waals surface area contributed by atoms with Gasteiger partial charge in [-0.3, -0.25) is 0 Å². The zero-order valence-corrected chi connectivity index (χ0v) is 11.5. The van der Waals surface area contributed by atoms with Crippen LogP contribution in [0.2, 0.25) is 0 Å². The van der Waals surface area contributed by atoms with Crippen molar-refractivity contribution in [3.8, 4) is 0 Å². The van der Waals surface area contributed by atoms with Gasteiger partial charge in [0.25, 0.3) is 0 Å². The molecule has 0 spiro atoms. The van der Waals surface area contributed by atoms with Crippen molar-refractivity contribution >= 4 is 0 Å². The SMILES string of the molecule is C1=CCCC(NCCNC2CCC=CCC2)CC1. The molecular formula is C16H28N2. The monoisotopic (exact) mass is 248 g/mol. The molecule has 2 N–H and O–H groups in total. The highest BCUT2D eigenvalue weighted by molar-refractivity contribution is 4.90. The minimum atomic E-state index is 0.734. The Bertz CT molecular complexity index is 222. The van der Waals surface area contributed by atoms with Gasteiger partial charge in [0.05, 0.1) is 0 Å². The van der Waals surface area contributed by atoms with Gasteiger partial charge >= 0.3 is 0 Å². The lowest BCUT2D eigenvalue weighted by Gasteiger charge is -2.19. The molecule has 0 aromatic heterocycles. The predicted octanol–water partition coefficient (Wildman–Crippen LogP) is 3.16. The highest BCUT2D eigenvalue weighted by atomic mass is 15.0. The molecule has 0 aromatic carbocycles. The topological polar surface area (TPSA) is 24.1 Å². The van der Waals surface area contributed by atoms with Crippen LogP contribution in [0.1, 0.15) is 51.4 Å². The first-order chi connectivity index (χ1) is 8.95. The molecule has 0 radical (unpaired) electrons. The Hall–Kier alpha value is -0.600. The Labute approximate surface area is 112 Å². The van der Waals surface area contributed by atoms with Crippen LogP contribution in [0.5, 0.6) is 0 Å². The van der Waals surface area contributed by atoms with Gasteiger partial charge in [-0.25, -0.2) is 0 Å². The van der Waals surface area contributed by atoms with E-state index in [4.69, 9.17) is 0 Å². The molecule has 0 bridgehead atoms. The lowest BCUT2D eigenvalue weighted by Crippen LogP contribution is -2.38. The second kappa shape index (κ2) is 8.49. The molecule has 0 aliphatic heterocycles. The summed E-state index contributed by atoms with van der Waals surface area (Å²) in [5.41, 5.74) is 0. The first kappa shape index (κ1) is 13.8. The Morgan fingerprint density at radius 2 is 0.944 bits per heavy atom. The minimum Gasteiger partial charge on any atom is -0.313 e. The Balaban J connectivity index is 1.52. The third-order valence-electron chi connectivity index (χ3n) is 4.05. The minimum absolute atomic E-state index is 0.734. The largest absolute Gasteiger partial charge is 0.313 e. The van der Waals surface area contributed by atoms with Crippen molar-refractivity contribution in [2.75, 3.05) is 13.1 Å². The van der Waals surface area contributed by atoms with E-state index in [1.165, 1.54) is 51.4 Å². The average Bonchev–Trinajstić information content (AvgIpc) is 2.79. The predicted molar refractivity (Wildman–Crippen MR) is 78.8 cm³/mol. The Morgan fingerprint density at radius 1 is 0.611 bits per heavy atom. The average molecular weight is 248 g/mol. The van der Waals surface area contributed by atoms with Crippen LogP contribution in [0, 0.1) is 0 Å². The molecule has 0 atom stereocenters. The van der Waals surface area contributed by atoms with Gasteiger partial charge in [0.15, 0.2) is 0 Å². The molecule has 0 saturated heterocycles. The second-order valence-corrected chi connectivity index (χ2v) is 5.55. The fourth-order valence-electron chi connectivity index (χ4n) is 2.91. The quantitative estimate of drug-likeness (QED) is 0.577. The Kier molecular flexibility index (Phi) is 6.52. The zero-order valence-electron chi connectivity index (χ0n) is 11.5. The molecule has 2 nitrogen and oxygen atoms in total. The van der Waals surface area contributed by atoms with E-state index in [1.54, 1.807) is 0 Å². The van der Waals surface area contributed by atoms with Crippen LogP contribution in [0.25, 0.3) is 0 Å². The third-order valence-corrected chi connectivity index (χ3v) is 4.05. The Morgan fingerprint density at radius 3 is 1.28 bits per heavy atom. The van der Waals surface area contributed by atoms with Gasteiger partial charge in [-0.05, 0) is 51.4 Å². The fourth-order valence-corrected chi connectivity index (χ4v) is 2.91. The van der Waals surface area contributed by atoms with Crippen molar-refractivity contribution in [1.29, 1.82) is 0 Å². The summed E-state index contributed by atoms with van der Waals surface area (Å²) >= 11 is 0. The molecule has 0 heterocycles. The molecule has 18 heavy (non-hydrogen) atoms. The molecule has 0 saturated carbocycles. The first-order valence-corrected chi connectivity index (χ1v) is 7.72. The first-order valence-electron chi connectivity index (χ1n) is 7.72. The molecule has 0 fully saturated rings. The summed E-state index contributed by atoms with van der Waals surface area (Å²) in [4.78, 5) is 0. The van der Waals surface area contributed by atoms with Crippen LogP contribution in [0.4, 0.5) is 0 Å². The number of rotatable bonds is 5. The zero-order chi connectivity index (χ0) is 12.5. The fraction of sp³-hybridized carbons (Fsp3) is 0.750. The molecule has 2 aliphatic rings. The maximum atomic E-state index is 3.70. The molecule has 0 aromatic rings. The van der Waals surface area contributed by atoms with Gasteiger partial charge in [0.2, 0.25) is 0 Å². The van der Waals surface area contributed by atoms with E-state index >= 15 is 0 Å². The maximum Gasteiger partial charge on any atom is 0.00794 e. The van der Waals surface area contributed by atoms with Crippen LogP contribution >= 0.6 is 0 Å². The highest BCUT2D eigenvalue weighted by Gasteiger charge is 2.10. The van der Waals surface area contributed by atoms with Crippen LogP contribution in [0.15, 0.2) is 24.3 Å². The lowest BCUT2D eigenvalue weighted by atomic mass is 10.1. The molecular weight excluding hydrogens is 220 g/mol. The van der Waals surface area contributed by atoms with E-state index < -0.39 is 0 Å². The summed E-state index contributed by atoms with van der Waals surface area (Å²) in [5.74, 6) is 0. The molecule has 2 heteroatoms. The van der Waals surface area contributed by atoms with Crippen LogP contribution in [-0.2, 0) is 0 Å².